The quantitative estimate of drug-likeness (QED) is 0.245. The Balaban J connectivity index is 5.02. The van der Waals surface area contributed by atoms with E-state index in [9.17, 15) is 24.3 Å². The van der Waals surface area contributed by atoms with Crippen LogP contribution in [0.5, 0.6) is 0 Å². The fraction of sp³-hybridized carbons (Fsp3) is 0.846. The molecule has 0 aliphatic carbocycles. The third kappa shape index (κ3) is 17.5. The first kappa shape index (κ1) is 34.4. The molecule has 0 bridgehead atoms. The van der Waals surface area contributed by atoms with Crippen LogP contribution in [0.15, 0.2) is 0 Å². The van der Waals surface area contributed by atoms with E-state index in [0.29, 0.717) is 12.8 Å². The molecule has 0 fully saturated rings. The number of hydrogen-bond donors (Lipinski definition) is 5. The van der Waals surface area contributed by atoms with Crippen LogP contribution in [0, 0.1) is 11.8 Å². The molecule has 37 heavy (non-hydrogen) atoms. The van der Waals surface area contributed by atoms with Crippen molar-refractivity contribution in [3.8, 4) is 0 Å². The Morgan fingerprint density at radius 2 is 1.11 bits per heavy atom. The van der Waals surface area contributed by atoms with Gasteiger partial charge in [-0.25, -0.2) is 9.59 Å². The molecule has 4 amide bonds. The molecule has 11 heteroatoms. The summed E-state index contributed by atoms with van der Waals surface area (Å²) in [6, 6.07) is -2.28. The van der Waals surface area contributed by atoms with Gasteiger partial charge in [-0.05, 0) is 72.6 Å². The summed E-state index contributed by atoms with van der Waals surface area (Å²) >= 11 is 0. The van der Waals surface area contributed by atoms with E-state index in [-0.39, 0.29) is 37.3 Å². The van der Waals surface area contributed by atoms with Crippen LogP contribution in [0.1, 0.15) is 88.5 Å². The van der Waals surface area contributed by atoms with Gasteiger partial charge in [0.25, 0.3) is 0 Å². The van der Waals surface area contributed by atoms with Crippen molar-refractivity contribution in [2.24, 2.45) is 11.8 Å². The van der Waals surface area contributed by atoms with Crippen molar-refractivity contribution in [1.82, 2.24) is 21.3 Å². The number of carbonyl (C=O) groups is 4. The van der Waals surface area contributed by atoms with Crippen LogP contribution in [-0.2, 0) is 19.1 Å². The number of ether oxygens (including phenoxy) is 2. The van der Waals surface area contributed by atoms with Gasteiger partial charge in [-0.2, -0.15) is 0 Å². The maximum absolute atomic E-state index is 12.9. The first-order valence-electron chi connectivity index (χ1n) is 13.0. The lowest BCUT2D eigenvalue weighted by Crippen LogP contribution is -2.53. The predicted molar refractivity (Wildman–Crippen MR) is 142 cm³/mol. The van der Waals surface area contributed by atoms with E-state index in [2.05, 4.69) is 21.3 Å². The molecular formula is C26H50N4O7. The highest BCUT2D eigenvalue weighted by Crippen LogP contribution is 2.11. The molecule has 0 saturated heterocycles. The summed E-state index contributed by atoms with van der Waals surface area (Å²) in [6.45, 7) is 17.9. The van der Waals surface area contributed by atoms with Gasteiger partial charge >= 0.3 is 12.2 Å². The Kier molecular flexibility index (Phi) is 14.6. The summed E-state index contributed by atoms with van der Waals surface area (Å²) in [4.78, 5) is 50.0. The molecule has 5 N–H and O–H groups in total. The second-order valence-corrected chi connectivity index (χ2v) is 12.1. The average Bonchev–Trinajstić information content (AvgIpc) is 2.68. The second kappa shape index (κ2) is 15.6. The van der Waals surface area contributed by atoms with Gasteiger partial charge < -0.3 is 35.8 Å². The Morgan fingerprint density at radius 3 is 1.46 bits per heavy atom. The fourth-order valence-electron chi connectivity index (χ4n) is 3.31. The first-order chi connectivity index (χ1) is 16.8. The molecule has 0 aliphatic rings. The van der Waals surface area contributed by atoms with Crippen molar-refractivity contribution in [2.45, 2.75) is 118 Å². The lowest BCUT2D eigenvalue weighted by atomic mass is 10.0. The molecule has 0 spiro atoms. The summed E-state index contributed by atoms with van der Waals surface area (Å²) in [7, 11) is 0. The smallest absolute Gasteiger partial charge is 0.408 e. The zero-order valence-electron chi connectivity index (χ0n) is 24.3. The van der Waals surface area contributed by atoms with Crippen molar-refractivity contribution in [3.05, 3.63) is 0 Å². The van der Waals surface area contributed by atoms with Crippen molar-refractivity contribution >= 4 is 24.0 Å². The average molecular weight is 531 g/mol. The molecule has 216 valence electrons. The van der Waals surface area contributed by atoms with Gasteiger partial charge in [-0.15, -0.1) is 0 Å². The first-order valence-corrected chi connectivity index (χ1v) is 13.0. The van der Waals surface area contributed by atoms with Crippen LogP contribution in [0.25, 0.3) is 0 Å². The number of hydrogen-bond acceptors (Lipinski definition) is 7. The van der Waals surface area contributed by atoms with E-state index in [1.54, 1.807) is 41.5 Å². The van der Waals surface area contributed by atoms with E-state index in [4.69, 9.17) is 9.47 Å². The maximum atomic E-state index is 12.9. The van der Waals surface area contributed by atoms with E-state index < -0.39 is 47.4 Å². The molecule has 0 heterocycles. The Hall–Kier alpha value is -2.56. The molecule has 0 aromatic carbocycles. The molecular weight excluding hydrogens is 480 g/mol. The van der Waals surface area contributed by atoms with Crippen LogP contribution in [0.4, 0.5) is 9.59 Å². The summed E-state index contributed by atoms with van der Waals surface area (Å²) in [5.41, 5.74) is -1.40. The second-order valence-electron chi connectivity index (χ2n) is 12.1. The summed E-state index contributed by atoms with van der Waals surface area (Å²) in [6.07, 6.45) is -0.335. The molecule has 0 unspecified atom stereocenters. The molecule has 0 radical (unpaired) electrons. The van der Waals surface area contributed by atoms with Crippen molar-refractivity contribution < 1.29 is 33.8 Å². The van der Waals surface area contributed by atoms with Gasteiger partial charge in [-0.1, -0.05) is 27.7 Å². The minimum absolute atomic E-state index is 0.118. The summed E-state index contributed by atoms with van der Waals surface area (Å²) in [5, 5.41) is 20.5. The molecule has 0 rings (SSSR count). The fourth-order valence-corrected chi connectivity index (χ4v) is 3.31. The highest BCUT2D eigenvalue weighted by Gasteiger charge is 2.28. The minimum Gasteiger partial charge on any atom is -0.444 e. The third-order valence-corrected chi connectivity index (χ3v) is 4.79. The van der Waals surface area contributed by atoms with Gasteiger partial charge in [0.1, 0.15) is 23.3 Å². The summed E-state index contributed by atoms with van der Waals surface area (Å²) < 4.78 is 10.5. The Labute approximate surface area is 222 Å². The van der Waals surface area contributed by atoms with Gasteiger partial charge in [-0.3, -0.25) is 9.59 Å². The number of nitrogens with one attached hydrogen (secondary N) is 4. The van der Waals surface area contributed by atoms with Gasteiger partial charge in [0.05, 0.1) is 12.6 Å². The molecule has 0 aromatic rings. The molecule has 0 aromatic heterocycles. The third-order valence-electron chi connectivity index (χ3n) is 4.79. The predicted octanol–water partition coefficient (Wildman–Crippen LogP) is 2.85. The monoisotopic (exact) mass is 530 g/mol. The molecule has 11 nitrogen and oxygen atoms in total. The van der Waals surface area contributed by atoms with Crippen LogP contribution in [-0.4, -0.2) is 71.6 Å². The SMILES string of the molecule is CC(C)C[C@H](NC(=O)OC(C)(C)C)C(=O)NCC[C@@H](CO)NC(=O)[C@H](CC(C)C)NC(=O)OC(C)(C)C. The van der Waals surface area contributed by atoms with Crippen LogP contribution in [0.2, 0.25) is 0 Å². The number of amides is 4. The zero-order valence-corrected chi connectivity index (χ0v) is 24.3. The topological polar surface area (TPSA) is 155 Å². The van der Waals surface area contributed by atoms with E-state index >= 15 is 0 Å². The van der Waals surface area contributed by atoms with Gasteiger partial charge in [0, 0.05) is 6.54 Å². The molecule has 3 atom stereocenters. The van der Waals surface area contributed by atoms with E-state index in [0.717, 1.165) is 0 Å². The lowest BCUT2D eigenvalue weighted by molar-refractivity contribution is -0.124. The number of aliphatic hydroxyl groups is 1. The van der Waals surface area contributed by atoms with E-state index in [1.165, 1.54) is 0 Å². The zero-order chi connectivity index (χ0) is 29.0. The number of rotatable bonds is 13. The van der Waals surface area contributed by atoms with Crippen molar-refractivity contribution in [1.29, 1.82) is 0 Å². The highest BCUT2D eigenvalue weighted by atomic mass is 16.6. The number of aliphatic hydroxyl groups excluding tert-OH is 1. The van der Waals surface area contributed by atoms with Gasteiger partial charge in [0.2, 0.25) is 11.8 Å². The number of alkyl carbamates (subject to hydrolysis) is 2. The lowest BCUT2D eigenvalue weighted by Gasteiger charge is -2.26. The maximum Gasteiger partial charge on any atom is 0.408 e. The standard InChI is InChI=1S/C26H50N4O7/c1-16(2)13-19(29-23(34)36-25(5,6)7)21(32)27-12-11-18(15-31)28-22(33)20(14-17(3)4)30-24(35)37-26(8,9)10/h16-20,31H,11-15H2,1-10H3,(H,27,32)(H,28,33)(H,29,34)(H,30,35)/t18-,19-,20-/m0/s1. The molecule has 0 aliphatic heterocycles. The minimum atomic E-state index is -0.841. The largest absolute Gasteiger partial charge is 0.444 e. The Morgan fingerprint density at radius 1 is 0.703 bits per heavy atom. The summed E-state index contributed by atoms with van der Waals surface area (Å²) in [5.74, 6) is -0.570. The van der Waals surface area contributed by atoms with Crippen LogP contribution in [0.3, 0.4) is 0 Å². The van der Waals surface area contributed by atoms with Gasteiger partial charge in [0.15, 0.2) is 0 Å². The van der Waals surface area contributed by atoms with Crippen molar-refractivity contribution in [2.75, 3.05) is 13.2 Å². The van der Waals surface area contributed by atoms with Crippen LogP contribution >= 0.6 is 0 Å². The van der Waals surface area contributed by atoms with Crippen molar-refractivity contribution in [3.63, 3.8) is 0 Å². The normalized spacial score (nSPS) is 14.4. The van der Waals surface area contributed by atoms with Crippen LogP contribution < -0.4 is 21.3 Å². The highest BCUT2D eigenvalue weighted by molar-refractivity contribution is 5.86. The number of carbonyl (C=O) groups excluding carboxylic acids is 4. The Bertz CT molecular complexity index is 742. The molecule has 0 saturated carbocycles. The van der Waals surface area contributed by atoms with E-state index in [1.807, 2.05) is 27.7 Å².